The molecule has 3 aromatic rings. The van der Waals surface area contributed by atoms with Gasteiger partial charge in [-0.3, -0.25) is 14.7 Å². The highest BCUT2D eigenvalue weighted by Crippen LogP contribution is 2.35. The first-order valence-electron chi connectivity index (χ1n) is 10.4. The lowest BCUT2D eigenvalue weighted by molar-refractivity contribution is 0.180. The van der Waals surface area contributed by atoms with E-state index in [2.05, 4.69) is 9.88 Å². The molecule has 5 nitrogen and oxygen atoms in total. The minimum absolute atomic E-state index is 0.0893. The highest BCUT2D eigenvalue weighted by molar-refractivity contribution is 5.41. The summed E-state index contributed by atoms with van der Waals surface area (Å²) in [5, 5.41) is 10.8. The molecule has 1 N–H and O–H groups in total. The molecule has 2 aromatic heterocycles. The number of benzene rings is 1. The van der Waals surface area contributed by atoms with Crippen LogP contribution in [0.2, 0.25) is 0 Å². The maximum atomic E-state index is 14.8. The molecule has 1 aliphatic heterocycles. The molecule has 0 bridgehead atoms. The SMILES string of the molecule is Cc1cc(O)c([C@@H](c2ccccc2F)N2CCCCC2)c(=O)n1Cc1ccccn1. The molecular weight excluding hydrogens is 381 g/mol. The minimum atomic E-state index is -0.630. The number of piperidine rings is 1. The van der Waals surface area contributed by atoms with Gasteiger partial charge in [0.05, 0.1) is 23.8 Å². The third-order valence-corrected chi connectivity index (χ3v) is 5.80. The van der Waals surface area contributed by atoms with Gasteiger partial charge in [-0.25, -0.2) is 4.39 Å². The average molecular weight is 407 g/mol. The molecule has 1 fully saturated rings. The van der Waals surface area contributed by atoms with Gasteiger partial charge < -0.3 is 9.67 Å². The van der Waals surface area contributed by atoms with Gasteiger partial charge in [0, 0.05) is 17.5 Å². The van der Waals surface area contributed by atoms with Crippen LogP contribution in [-0.4, -0.2) is 32.6 Å². The Morgan fingerprint density at radius 1 is 1.10 bits per heavy atom. The summed E-state index contributed by atoms with van der Waals surface area (Å²) in [6.45, 7) is 3.59. The molecule has 1 aromatic carbocycles. The molecule has 3 heterocycles. The van der Waals surface area contributed by atoms with E-state index in [9.17, 15) is 14.3 Å². The Balaban J connectivity index is 1.87. The standard InChI is InChI=1S/C24H26FN3O2/c1-17-15-21(29)22(24(30)28(17)16-18-9-5-6-12-26-18)23(27-13-7-2-8-14-27)19-10-3-4-11-20(19)25/h3-6,9-12,15,23,29H,2,7-8,13-14,16H2,1H3/t23-/m1/s1. The van der Waals surface area contributed by atoms with Crippen molar-refractivity contribution in [1.82, 2.24) is 14.5 Å². The van der Waals surface area contributed by atoms with Crippen LogP contribution < -0.4 is 5.56 Å². The highest BCUT2D eigenvalue weighted by Gasteiger charge is 2.31. The molecule has 156 valence electrons. The Morgan fingerprint density at radius 2 is 1.83 bits per heavy atom. The number of hydrogen-bond acceptors (Lipinski definition) is 4. The van der Waals surface area contributed by atoms with E-state index in [1.54, 1.807) is 42.0 Å². The second-order valence-electron chi connectivity index (χ2n) is 7.82. The van der Waals surface area contributed by atoms with Crippen LogP contribution >= 0.6 is 0 Å². The second-order valence-corrected chi connectivity index (χ2v) is 7.82. The topological polar surface area (TPSA) is 58.4 Å². The van der Waals surface area contributed by atoms with Crippen molar-refractivity contribution in [3.05, 3.63) is 93.4 Å². The molecule has 6 heteroatoms. The van der Waals surface area contributed by atoms with Crippen LogP contribution in [0.25, 0.3) is 0 Å². The van der Waals surface area contributed by atoms with Crippen LogP contribution in [0.3, 0.4) is 0 Å². The van der Waals surface area contributed by atoms with E-state index in [0.717, 1.165) is 38.0 Å². The predicted molar refractivity (Wildman–Crippen MR) is 114 cm³/mol. The number of aryl methyl sites for hydroxylation is 1. The van der Waals surface area contributed by atoms with E-state index < -0.39 is 6.04 Å². The van der Waals surface area contributed by atoms with Crippen LogP contribution in [0.15, 0.2) is 59.5 Å². The lowest BCUT2D eigenvalue weighted by atomic mass is 9.94. The van der Waals surface area contributed by atoms with E-state index in [0.29, 0.717) is 17.8 Å². The normalized spacial score (nSPS) is 15.8. The van der Waals surface area contributed by atoms with Gasteiger partial charge in [-0.1, -0.05) is 30.7 Å². The molecule has 1 saturated heterocycles. The Morgan fingerprint density at radius 3 is 2.53 bits per heavy atom. The molecule has 30 heavy (non-hydrogen) atoms. The van der Waals surface area contributed by atoms with E-state index in [1.807, 2.05) is 18.2 Å². The van der Waals surface area contributed by atoms with E-state index in [-0.39, 0.29) is 22.7 Å². The summed E-state index contributed by atoms with van der Waals surface area (Å²) in [4.78, 5) is 20.0. The molecule has 0 radical (unpaired) electrons. The maximum absolute atomic E-state index is 14.8. The van der Waals surface area contributed by atoms with Crippen LogP contribution in [0, 0.1) is 12.7 Å². The smallest absolute Gasteiger partial charge is 0.260 e. The number of aromatic nitrogens is 2. The molecule has 0 aliphatic carbocycles. The molecule has 4 rings (SSSR count). The summed E-state index contributed by atoms with van der Waals surface area (Å²) in [7, 11) is 0. The third-order valence-electron chi connectivity index (χ3n) is 5.80. The van der Waals surface area contributed by atoms with E-state index in [1.165, 1.54) is 6.07 Å². The quantitative estimate of drug-likeness (QED) is 0.694. The van der Waals surface area contributed by atoms with Crippen LogP contribution in [-0.2, 0) is 6.54 Å². The van der Waals surface area contributed by atoms with Gasteiger partial charge in [0.15, 0.2) is 0 Å². The Bertz CT molecular complexity index is 1080. The molecule has 0 spiro atoms. The van der Waals surface area contributed by atoms with Gasteiger partial charge in [0.1, 0.15) is 11.6 Å². The summed E-state index contributed by atoms with van der Waals surface area (Å²) in [5.74, 6) is -0.461. The number of rotatable bonds is 5. The van der Waals surface area contributed by atoms with Gasteiger partial charge in [-0.2, -0.15) is 0 Å². The molecular formula is C24H26FN3O2. The molecule has 1 aliphatic rings. The fourth-order valence-corrected chi connectivity index (χ4v) is 4.28. The van der Waals surface area contributed by atoms with E-state index >= 15 is 0 Å². The zero-order valence-electron chi connectivity index (χ0n) is 17.1. The molecule has 0 unspecified atom stereocenters. The predicted octanol–water partition coefficient (Wildman–Crippen LogP) is 4.02. The van der Waals surface area contributed by atoms with Crippen molar-refractivity contribution >= 4 is 0 Å². The lowest BCUT2D eigenvalue weighted by Gasteiger charge is -2.35. The van der Waals surface area contributed by atoms with Crippen molar-refractivity contribution in [3.63, 3.8) is 0 Å². The van der Waals surface area contributed by atoms with Crippen molar-refractivity contribution in [1.29, 1.82) is 0 Å². The van der Waals surface area contributed by atoms with Gasteiger partial charge in [-0.05, 0) is 57.1 Å². The average Bonchev–Trinajstić information content (AvgIpc) is 2.76. The first-order valence-corrected chi connectivity index (χ1v) is 10.4. The van der Waals surface area contributed by atoms with Gasteiger partial charge in [0.2, 0.25) is 0 Å². The Kier molecular flexibility index (Phi) is 5.95. The van der Waals surface area contributed by atoms with Crippen molar-refractivity contribution in [2.45, 2.75) is 38.8 Å². The molecule has 0 amide bonds. The summed E-state index contributed by atoms with van der Waals surface area (Å²) >= 11 is 0. The number of halogens is 1. The summed E-state index contributed by atoms with van der Waals surface area (Å²) in [6.07, 6.45) is 4.77. The van der Waals surface area contributed by atoms with Crippen molar-refractivity contribution in [2.24, 2.45) is 0 Å². The zero-order valence-corrected chi connectivity index (χ0v) is 17.1. The van der Waals surface area contributed by atoms with Crippen molar-refractivity contribution in [3.8, 4) is 5.75 Å². The molecule has 0 saturated carbocycles. The minimum Gasteiger partial charge on any atom is -0.507 e. The molecule has 1 atom stereocenters. The number of nitrogens with zero attached hydrogens (tertiary/aromatic N) is 3. The van der Waals surface area contributed by atoms with Crippen LogP contribution in [0.4, 0.5) is 4.39 Å². The Hall–Kier alpha value is -2.99. The van der Waals surface area contributed by atoms with E-state index in [4.69, 9.17) is 0 Å². The van der Waals surface area contributed by atoms with Crippen molar-refractivity contribution < 1.29 is 9.50 Å². The highest BCUT2D eigenvalue weighted by atomic mass is 19.1. The number of hydrogen-bond donors (Lipinski definition) is 1. The number of aromatic hydroxyl groups is 1. The first-order chi connectivity index (χ1) is 14.6. The van der Waals surface area contributed by atoms with Gasteiger partial charge in [0.25, 0.3) is 5.56 Å². The van der Waals surface area contributed by atoms with Gasteiger partial charge in [-0.15, -0.1) is 0 Å². The zero-order chi connectivity index (χ0) is 21.1. The van der Waals surface area contributed by atoms with Gasteiger partial charge >= 0.3 is 0 Å². The largest absolute Gasteiger partial charge is 0.507 e. The van der Waals surface area contributed by atoms with Crippen LogP contribution in [0.1, 0.15) is 47.8 Å². The third kappa shape index (κ3) is 4.00. The first kappa shape index (κ1) is 20.3. The summed E-state index contributed by atoms with van der Waals surface area (Å²) in [5.41, 5.74) is 1.72. The summed E-state index contributed by atoms with van der Waals surface area (Å²) < 4.78 is 16.4. The number of pyridine rings is 2. The Labute approximate surface area is 175 Å². The number of likely N-dealkylation sites (tertiary alicyclic amines) is 1. The maximum Gasteiger partial charge on any atom is 0.260 e. The second kappa shape index (κ2) is 8.79. The summed E-state index contributed by atoms with van der Waals surface area (Å²) in [6, 6.07) is 13.0. The van der Waals surface area contributed by atoms with Crippen LogP contribution in [0.5, 0.6) is 5.75 Å². The van der Waals surface area contributed by atoms with Crippen molar-refractivity contribution in [2.75, 3.05) is 13.1 Å². The lowest BCUT2D eigenvalue weighted by Crippen LogP contribution is -2.39. The fraction of sp³-hybridized carbons (Fsp3) is 0.333. The fourth-order valence-electron chi connectivity index (χ4n) is 4.28. The monoisotopic (exact) mass is 407 g/mol.